The van der Waals surface area contributed by atoms with Crippen LogP contribution >= 0.6 is 0 Å². The van der Waals surface area contributed by atoms with E-state index in [1.54, 1.807) is 32.6 Å². The molecule has 2 aromatic rings. The first-order valence-electron chi connectivity index (χ1n) is 17.5. The van der Waals surface area contributed by atoms with Crippen molar-refractivity contribution in [2.75, 3.05) is 27.2 Å². The number of hydrogen-bond acceptors (Lipinski definition) is 10. The van der Waals surface area contributed by atoms with Gasteiger partial charge in [0.25, 0.3) is 5.56 Å². The van der Waals surface area contributed by atoms with E-state index >= 15 is 0 Å². The van der Waals surface area contributed by atoms with E-state index in [2.05, 4.69) is 35.5 Å². The van der Waals surface area contributed by atoms with Gasteiger partial charge in [0.15, 0.2) is 0 Å². The first-order valence-corrected chi connectivity index (χ1v) is 17.5. The summed E-state index contributed by atoms with van der Waals surface area (Å²) in [6.07, 6.45) is 6.53. The molecule has 2 saturated carbocycles. The van der Waals surface area contributed by atoms with E-state index in [4.69, 9.17) is 15.1 Å². The molecule has 17 heteroatoms. The van der Waals surface area contributed by atoms with Crippen molar-refractivity contribution < 1.29 is 36.9 Å². The minimum absolute atomic E-state index is 0.0805. The number of alkyl halides is 4. The van der Waals surface area contributed by atoms with Crippen LogP contribution in [0.3, 0.4) is 0 Å². The molecule has 0 aliphatic heterocycles. The molecule has 4 rings (SSSR count). The first kappa shape index (κ1) is 44.6. The molecule has 0 radical (unpaired) electrons. The van der Waals surface area contributed by atoms with Gasteiger partial charge in [-0.1, -0.05) is 0 Å². The molecule has 2 N–H and O–H groups in total. The summed E-state index contributed by atoms with van der Waals surface area (Å²) < 4.78 is 62.5. The first-order chi connectivity index (χ1) is 25.2. The lowest BCUT2D eigenvalue weighted by molar-refractivity contribution is -0.173. The van der Waals surface area contributed by atoms with Crippen LogP contribution in [0.15, 0.2) is 26.9 Å². The quantitative estimate of drug-likeness (QED) is 0.139. The number of aliphatic hydroxyl groups excluding tert-OH is 1. The number of H-pyrrole nitrogens is 1. The number of nitriles is 2. The van der Waals surface area contributed by atoms with Crippen LogP contribution in [-0.2, 0) is 9.47 Å². The van der Waals surface area contributed by atoms with E-state index < -0.39 is 19.3 Å². The maximum atomic E-state index is 12.3. The van der Waals surface area contributed by atoms with Gasteiger partial charge in [0.2, 0.25) is 5.88 Å². The second kappa shape index (κ2) is 23.2. The Morgan fingerprint density at radius 1 is 0.849 bits per heavy atom. The number of pyridine rings is 2. The highest BCUT2D eigenvalue weighted by molar-refractivity contribution is 5.64. The standard InChI is InChI=1S/C18H24F2N4O2.C11H14N4O.C7H12F2O2/c1-4-24(3)11-22-16-9-13(10-21)17(23-12(16)2)25-14-5-7-15(8-6-14)26-18(19)20;1-4-15(3)7-13-10-5-9(6-12)11(16)14-8(10)2;8-7(9)11-6-3-1-5(10)2-4-6/h9,11,14-15,18H,4-8H2,1-3H3;5,7H,4H2,1-3H3,(H,14,16);5-7,10H,1-4H2. The van der Waals surface area contributed by atoms with Gasteiger partial charge in [0.1, 0.15) is 29.4 Å². The number of halogens is 4. The lowest BCUT2D eigenvalue weighted by Gasteiger charge is -2.28. The van der Waals surface area contributed by atoms with Crippen LogP contribution in [0.25, 0.3) is 0 Å². The number of nitrogens with zero attached hydrogens (tertiary/aromatic N) is 7. The number of ether oxygens (including phenoxy) is 3. The number of rotatable bonds is 12. The van der Waals surface area contributed by atoms with Gasteiger partial charge in [0.05, 0.1) is 48.1 Å². The summed E-state index contributed by atoms with van der Waals surface area (Å²) in [4.78, 5) is 30.6. The molecule has 292 valence electrons. The summed E-state index contributed by atoms with van der Waals surface area (Å²) in [5.41, 5.74) is 2.56. The van der Waals surface area contributed by atoms with E-state index in [0.717, 1.165) is 13.1 Å². The van der Waals surface area contributed by atoms with E-state index in [0.29, 0.717) is 79.7 Å². The van der Waals surface area contributed by atoms with Crippen LogP contribution in [0.4, 0.5) is 28.9 Å². The predicted octanol–water partition coefficient (Wildman–Crippen LogP) is 6.50. The average Bonchev–Trinajstić information content (AvgIpc) is 3.12. The lowest BCUT2D eigenvalue weighted by atomic mass is 9.95. The second-order valence-corrected chi connectivity index (χ2v) is 12.6. The number of hydrogen-bond donors (Lipinski definition) is 2. The van der Waals surface area contributed by atoms with Crippen LogP contribution in [-0.4, -0.2) is 102 Å². The molecule has 2 aromatic heterocycles. The van der Waals surface area contributed by atoms with Crippen molar-refractivity contribution >= 4 is 24.1 Å². The molecule has 0 bridgehead atoms. The Kier molecular flexibility index (Phi) is 19.5. The summed E-state index contributed by atoms with van der Waals surface area (Å²) in [5.74, 6) is 0.269. The van der Waals surface area contributed by atoms with Crippen molar-refractivity contribution in [3.63, 3.8) is 0 Å². The fraction of sp³-hybridized carbons (Fsp3) is 0.611. The number of aliphatic hydroxyl groups is 1. The van der Waals surface area contributed by atoms with Crippen molar-refractivity contribution in [3.05, 3.63) is 45.0 Å². The van der Waals surface area contributed by atoms with Crippen LogP contribution in [0.2, 0.25) is 0 Å². The molecule has 0 saturated heterocycles. The molecule has 0 amide bonds. The highest BCUT2D eigenvalue weighted by atomic mass is 19.3. The van der Waals surface area contributed by atoms with Crippen LogP contribution < -0.4 is 10.3 Å². The number of aryl methyl sites for hydroxylation is 2. The number of aromatic nitrogens is 2. The molecular formula is C36H50F4N8O5. The third-order valence-electron chi connectivity index (χ3n) is 8.52. The Bertz CT molecular complexity index is 1610. The van der Waals surface area contributed by atoms with Gasteiger partial charge in [-0.3, -0.25) is 4.79 Å². The molecule has 0 atom stereocenters. The van der Waals surface area contributed by atoms with E-state index in [-0.39, 0.29) is 35.3 Å². The van der Waals surface area contributed by atoms with Crippen molar-refractivity contribution in [1.29, 1.82) is 10.5 Å². The maximum Gasteiger partial charge on any atom is 0.345 e. The van der Waals surface area contributed by atoms with Crippen LogP contribution in [0.1, 0.15) is 87.7 Å². The Morgan fingerprint density at radius 3 is 1.77 bits per heavy atom. The zero-order chi connectivity index (χ0) is 39.5. The fourth-order valence-corrected chi connectivity index (χ4v) is 5.10. The third-order valence-corrected chi connectivity index (χ3v) is 8.52. The van der Waals surface area contributed by atoms with Crippen molar-refractivity contribution in [1.82, 2.24) is 19.8 Å². The molecule has 2 heterocycles. The molecule has 53 heavy (non-hydrogen) atoms. The van der Waals surface area contributed by atoms with Gasteiger partial charge >= 0.3 is 13.2 Å². The molecule has 13 nitrogen and oxygen atoms in total. The highest BCUT2D eigenvalue weighted by Gasteiger charge is 2.26. The van der Waals surface area contributed by atoms with E-state index in [1.165, 1.54) is 6.07 Å². The number of aliphatic imine (C=N–C) groups is 2. The largest absolute Gasteiger partial charge is 0.473 e. The molecular weight excluding hydrogens is 700 g/mol. The molecule has 0 aromatic carbocycles. The minimum atomic E-state index is -2.74. The summed E-state index contributed by atoms with van der Waals surface area (Å²) >= 11 is 0. The van der Waals surface area contributed by atoms with Gasteiger partial charge in [0, 0.05) is 32.9 Å². The topological polar surface area (TPSA) is 172 Å². The van der Waals surface area contributed by atoms with Crippen molar-refractivity contribution in [2.45, 2.75) is 117 Å². The molecule has 0 spiro atoms. The van der Waals surface area contributed by atoms with Gasteiger partial charge in [-0.15, -0.1) is 0 Å². The zero-order valence-electron chi connectivity index (χ0n) is 31.1. The minimum Gasteiger partial charge on any atom is -0.473 e. The van der Waals surface area contributed by atoms with Crippen LogP contribution in [0.5, 0.6) is 5.88 Å². The Balaban J connectivity index is 0.000000305. The van der Waals surface area contributed by atoms with Gasteiger partial charge in [-0.05, 0) is 91.2 Å². The molecule has 2 aliphatic carbocycles. The van der Waals surface area contributed by atoms with Gasteiger partial charge in [-0.25, -0.2) is 15.0 Å². The van der Waals surface area contributed by atoms with Gasteiger partial charge in [-0.2, -0.15) is 28.1 Å². The maximum absolute atomic E-state index is 12.3. The predicted molar refractivity (Wildman–Crippen MR) is 192 cm³/mol. The number of aromatic amines is 1. The fourth-order valence-electron chi connectivity index (χ4n) is 5.10. The lowest BCUT2D eigenvalue weighted by Crippen LogP contribution is -2.29. The third kappa shape index (κ3) is 16.3. The van der Waals surface area contributed by atoms with Crippen LogP contribution in [0, 0.1) is 36.5 Å². The second-order valence-electron chi connectivity index (χ2n) is 12.6. The monoisotopic (exact) mass is 750 g/mol. The smallest absolute Gasteiger partial charge is 0.345 e. The number of nitrogens with one attached hydrogen (secondary N) is 1. The van der Waals surface area contributed by atoms with Crippen molar-refractivity contribution in [2.24, 2.45) is 9.98 Å². The van der Waals surface area contributed by atoms with E-state index in [1.807, 2.05) is 43.8 Å². The zero-order valence-corrected chi connectivity index (χ0v) is 31.1. The molecule has 2 aliphatic rings. The Hall–Kier alpha value is -4.58. The molecule has 0 unspecified atom stereocenters. The highest BCUT2D eigenvalue weighted by Crippen LogP contribution is 2.30. The normalized spacial score (nSPS) is 19.9. The average molecular weight is 751 g/mol. The summed E-state index contributed by atoms with van der Waals surface area (Å²) in [7, 11) is 3.80. The Morgan fingerprint density at radius 2 is 1.30 bits per heavy atom. The Labute approximate surface area is 307 Å². The van der Waals surface area contributed by atoms with Gasteiger partial charge < -0.3 is 34.1 Å². The van der Waals surface area contributed by atoms with E-state index in [9.17, 15) is 27.6 Å². The summed E-state index contributed by atoms with van der Waals surface area (Å²) in [6.45, 7) is 3.82. The molecule has 2 fully saturated rings. The summed E-state index contributed by atoms with van der Waals surface area (Å²) in [6, 6.07) is 7.07. The van der Waals surface area contributed by atoms with Crippen molar-refractivity contribution in [3.8, 4) is 18.0 Å². The SMILES string of the molecule is CCN(C)C=Nc1cc(C#N)c(=O)[nH]c1C.CCN(C)C=Nc1cc(C#N)c(OC2CCC(OC(F)F)CC2)nc1C.OC1CCC(OC(F)F)CC1. The summed E-state index contributed by atoms with van der Waals surface area (Å²) in [5, 5.41) is 27.1.